The van der Waals surface area contributed by atoms with Gasteiger partial charge in [-0.25, -0.2) is 0 Å². The summed E-state index contributed by atoms with van der Waals surface area (Å²) in [6.45, 7) is 4.67. The SMILES string of the molecule is CCCCCCCCCCCCCCCCC(=O)C(=O)C(CCCCCCCCCCCCCCCC)C(=O)OCc1ccccc1. The van der Waals surface area contributed by atoms with Crippen molar-refractivity contribution < 1.29 is 19.1 Å². The summed E-state index contributed by atoms with van der Waals surface area (Å²) in [5, 5.41) is 0. The number of ketones is 2. The Labute approximate surface area is 291 Å². The summed E-state index contributed by atoms with van der Waals surface area (Å²) in [4.78, 5) is 39.1. The number of carbonyl (C=O) groups is 3. The van der Waals surface area contributed by atoms with Crippen molar-refractivity contribution in [1.29, 1.82) is 0 Å². The van der Waals surface area contributed by atoms with Gasteiger partial charge in [0, 0.05) is 6.42 Å². The second kappa shape index (κ2) is 32.6. The number of carbonyl (C=O) groups excluding carboxylic acids is 3. The van der Waals surface area contributed by atoms with Gasteiger partial charge in [0.05, 0.1) is 0 Å². The first-order valence-electron chi connectivity index (χ1n) is 20.4. The van der Waals surface area contributed by atoms with Gasteiger partial charge in [-0.3, -0.25) is 14.4 Å². The zero-order chi connectivity index (χ0) is 34.0. The highest BCUT2D eigenvalue weighted by Crippen LogP contribution is 2.19. The predicted molar refractivity (Wildman–Crippen MR) is 200 cm³/mol. The molecule has 0 fully saturated rings. The van der Waals surface area contributed by atoms with E-state index in [-0.39, 0.29) is 13.0 Å². The van der Waals surface area contributed by atoms with E-state index in [0.29, 0.717) is 6.42 Å². The Morgan fingerprint density at radius 2 is 0.851 bits per heavy atom. The average Bonchev–Trinajstić information content (AvgIpc) is 3.09. The molecule has 1 unspecified atom stereocenters. The van der Waals surface area contributed by atoms with Crippen molar-refractivity contribution in [2.45, 2.75) is 213 Å². The Morgan fingerprint density at radius 1 is 0.489 bits per heavy atom. The second-order valence-corrected chi connectivity index (χ2v) is 14.2. The van der Waals surface area contributed by atoms with Crippen LogP contribution in [0.1, 0.15) is 212 Å². The molecule has 0 aliphatic rings. The topological polar surface area (TPSA) is 60.4 Å². The molecule has 0 aliphatic carbocycles. The summed E-state index contributed by atoms with van der Waals surface area (Å²) in [7, 11) is 0. The molecular weight excluding hydrogens is 580 g/mol. The number of rotatable bonds is 35. The number of esters is 1. The van der Waals surface area contributed by atoms with Crippen molar-refractivity contribution in [2.75, 3.05) is 0 Å². The Hall–Kier alpha value is -1.97. The maximum atomic E-state index is 13.2. The molecular formula is C43H74O4. The number of Topliss-reactive ketones (excluding diaryl/α,β-unsaturated/α-hetero) is 2. The minimum absolute atomic E-state index is 0.134. The zero-order valence-electron chi connectivity index (χ0n) is 31.0. The van der Waals surface area contributed by atoms with Crippen LogP contribution in [-0.2, 0) is 25.7 Å². The lowest BCUT2D eigenvalue weighted by Gasteiger charge is -2.15. The largest absolute Gasteiger partial charge is 0.460 e. The molecule has 0 aliphatic heterocycles. The van der Waals surface area contributed by atoms with Crippen LogP contribution in [0.5, 0.6) is 0 Å². The molecule has 0 radical (unpaired) electrons. The van der Waals surface area contributed by atoms with Crippen molar-refractivity contribution in [1.82, 2.24) is 0 Å². The number of unbranched alkanes of at least 4 members (excludes halogenated alkanes) is 26. The zero-order valence-corrected chi connectivity index (χ0v) is 31.0. The minimum Gasteiger partial charge on any atom is -0.460 e. The Morgan fingerprint density at radius 3 is 1.26 bits per heavy atom. The average molecular weight is 655 g/mol. The molecule has 0 heterocycles. The standard InChI is InChI=1S/C43H74O4/c1-3-5-7-9-11-13-15-17-19-21-23-25-27-32-36-40(43(46)47-38-39-34-30-29-31-35-39)42(45)41(44)37-33-28-26-24-22-20-18-16-14-12-10-8-6-4-2/h29-31,34-35,40H,3-28,32-33,36-38H2,1-2H3. The van der Waals surface area contributed by atoms with Gasteiger partial charge in [0.2, 0.25) is 5.78 Å². The van der Waals surface area contributed by atoms with Gasteiger partial charge in [-0.1, -0.05) is 218 Å². The highest BCUT2D eigenvalue weighted by Gasteiger charge is 2.32. The van der Waals surface area contributed by atoms with E-state index in [9.17, 15) is 14.4 Å². The first-order valence-corrected chi connectivity index (χ1v) is 20.4. The highest BCUT2D eigenvalue weighted by molar-refractivity contribution is 6.41. The second-order valence-electron chi connectivity index (χ2n) is 14.2. The molecule has 0 saturated heterocycles. The van der Waals surface area contributed by atoms with Gasteiger partial charge >= 0.3 is 5.97 Å². The van der Waals surface area contributed by atoms with Crippen LogP contribution in [0.3, 0.4) is 0 Å². The van der Waals surface area contributed by atoms with Crippen LogP contribution in [0.15, 0.2) is 30.3 Å². The summed E-state index contributed by atoms with van der Waals surface area (Å²) >= 11 is 0. The van der Waals surface area contributed by atoms with Gasteiger partial charge in [-0.05, 0) is 18.4 Å². The van der Waals surface area contributed by atoms with Crippen LogP contribution in [0.4, 0.5) is 0 Å². The number of benzene rings is 1. The Balaban J connectivity index is 2.27. The number of hydrogen-bond acceptors (Lipinski definition) is 4. The summed E-state index contributed by atoms with van der Waals surface area (Å²) in [5.74, 6) is -2.43. The first-order chi connectivity index (χ1) is 23.1. The fourth-order valence-electron chi connectivity index (χ4n) is 6.53. The van der Waals surface area contributed by atoms with E-state index in [0.717, 1.165) is 44.1 Å². The lowest BCUT2D eigenvalue weighted by molar-refractivity contribution is -0.156. The molecule has 0 saturated carbocycles. The van der Waals surface area contributed by atoms with Gasteiger partial charge < -0.3 is 4.74 Å². The van der Waals surface area contributed by atoms with Crippen molar-refractivity contribution in [3.8, 4) is 0 Å². The summed E-state index contributed by atoms with van der Waals surface area (Å²) in [6, 6.07) is 9.53. The molecule has 0 amide bonds. The number of hydrogen-bond donors (Lipinski definition) is 0. The van der Waals surface area contributed by atoms with Crippen molar-refractivity contribution in [2.24, 2.45) is 5.92 Å². The van der Waals surface area contributed by atoms with E-state index in [1.54, 1.807) is 0 Å². The molecule has 4 nitrogen and oxygen atoms in total. The molecule has 1 atom stereocenters. The van der Waals surface area contributed by atoms with E-state index in [2.05, 4.69) is 13.8 Å². The van der Waals surface area contributed by atoms with Crippen molar-refractivity contribution >= 4 is 17.5 Å². The van der Waals surface area contributed by atoms with Crippen molar-refractivity contribution in [3.63, 3.8) is 0 Å². The molecule has 1 rings (SSSR count). The molecule has 47 heavy (non-hydrogen) atoms. The van der Waals surface area contributed by atoms with Crippen LogP contribution in [-0.4, -0.2) is 17.5 Å². The lowest BCUT2D eigenvalue weighted by Crippen LogP contribution is -2.31. The molecule has 0 aromatic heterocycles. The third kappa shape index (κ3) is 25.7. The maximum Gasteiger partial charge on any atom is 0.317 e. The lowest BCUT2D eigenvalue weighted by atomic mass is 9.92. The van der Waals surface area contributed by atoms with E-state index >= 15 is 0 Å². The first kappa shape index (κ1) is 43.1. The summed E-state index contributed by atoms with van der Waals surface area (Å²) in [5.41, 5.74) is 0.886. The van der Waals surface area contributed by atoms with E-state index < -0.39 is 23.5 Å². The monoisotopic (exact) mass is 655 g/mol. The highest BCUT2D eigenvalue weighted by atomic mass is 16.5. The molecule has 270 valence electrons. The van der Waals surface area contributed by atoms with Crippen LogP contribution >= 0.6 is 0 Å². The quantitative estimate of drug-likeness (QED) is 0.0316. The molecule has 0 spiro atoms. The molecule has 1 aromatic carbocycles. The molecule has 1 aromatic rings. The summed E-state index contributed by atoms with van der Waals surface area (Å²) in [6.07, 6.45) is 35.7. The van der Waals surface area contributed by atoms with E-state index in [1.165, 1.54) is 141 Å². The molecule has 0 N–H and O–H groups in total. The van der Waals surface area contributed by atoms with Crippen molar-refractivity contribution in [3.05, 3.63) is 35.9 Å². The van der Waals surface area contributed by atoms with Gasteiger partial charge in [0.25, 0.3) is 0 Å². The third-order valence-electron chi connectivity index (χ3n) is 9.70. The maximum absolute atomic E-state index is 13.2. The van der Waals surface area contributed by atoms with Crippen LogP contribution in [0, 0.1) is 5.92 Å². The van der Waals surface area contributed by atoms with Crippen LogP contribution < -0.4 is 0 Å². The van der Waals surface area contributed by atoms with Gasteiger partial charge in [-0.15, -0.1) is 0 Å². The van der Waals surface area contributed by atoms with E-state index in [1.807, 2.05) is 30.3 Å². The summed E-state index contributed by atoms with van der Waals surface area (Å²) < 4.78 is 5.55. The third-order valence-corrected chi connectivity index (χ3v) is 9.70. The van der Waals surface area contributed by atoms with Crippen LogP contribution in [0.2, 0.25) is 0 Å². The normalized spacial score (nSPS) is 11.9. The van der Waals surface area contributed by atoms with E-state index in [4.69, 9.17) is 4.74 Å². The molecule has 0 bridgehead atoms. The fraction of sp³-hybridized carbons (Fsp3) is 0.791. The molecule has 4 heteroatoms. The van der Waals surface area contributed by atoms with Crippen LogP contribution in [0.25, 0.3) is 0 Å². The predicted octanol–water partition coefficient (Wildman–Crippen LogP) is 13.2. The minimum atomic E-state index is -0.963. The number of ether oxygens (including phenoxy) is 1. The van der Waals surface area contributed by atoms with Gasteiger partial charge in [-0.2, -0.15) is 0 Å². The Kier molecular flexibility index (Phi) is 29.8. The van der Waals surface area contributed by atoms with Gasteiger partial charge in [0.1, 0.15) is 12.5 Å². The fourth-order valence-corrected chi connectivity index (χ4v) is 6.53. The Bertz CT molecular complexity index is 864. The smallest absolute Gasteiger partial charge is 0.317 e. The van der Waals surface area contributed by atoms with Gasteiger partial charge in [0.15, 0.2) is 5.78 Å².